The number of carbonyl (C=O) groups excluding carboxylic acids is 1. The zero-order valence-corrected chi connectivity index (χ0v) is 15.1. The molecule has 7 heteroatoms. The average Bonchev–Trinajstić information content (AvgIpc) is 2.63. The number of hydrogen-bond donors (Lipinski definition) is 2. The summed E-state index contributed by atoms with van der Waals surface area (Å²) in [6, 6.07) is 21.0. The number of rotatable bonds is 5. The van der Waals surface area contributed by atoms with Gasteiger partial charge in [-0.05, 0) is 54.6 Å². The van der Waals surface area contributed by atoms with Crippen molar-refractivity contribution >= 4 is 38.9 Å². The van der Waals surface area contributed by atoms with E-state index in [2.05, 4.69) is 10.0 Å². The molecule has 3 rings (SSSR count). The van der Waals surface area contributed by atoms with E-state index in [0.29, 0.717) is 22.0 Å². The summed E-state index contributed by atoms with van der Waals surface area (Å²) >= 11 is 5.81. The van der Waals surface area contributed by atoms with Crippen LogP contribution in [-0.4, -0.2) is 14.3 Å². The Labute approximate surface area is 156 Å². The Kier molecular flexibility index (Phi) is 5.25. The molecule has 0 saturated carbocycles. The number of carbonyl (C=O) groups is 1. The van der Waals surface area contributed by atoms with Crippen LogP contribution in [0.3, 0.4) is 0 Å². The molecule has 0 atom stereocenters. The Balaban J connectivity index is 1.76. The van der Waals surface area contributed by atoms with Gasteiger partial charge in [0.1, 0.15) is 0 Å². The minimum atomic E-state index is -3.69. The van der Waals surface area contributed by atoms with Crippen molar-refractivity contribution in [2.75, 3.05) is 10.0 Å². The van der Waals surface area contributed by atoms with Gasteiger partial charge in [0.2, 0.25) is 0 Å². The van der Waals surface area contributed by atoms with Gasteiger partial charge in [-0.2, -0.15) is 0 Å². The number of sulfonamides is 1. The highest BCUT2D eigenvalue weighted by molar-refractivity contribution is 7.92. The highest BCUT2D eigenvalue weighted by atomic mass is 35.5. The van der Waals surface area contributed by atoms with E-state index >= 15 is 0 Å². The van der Waals surface area contributed by atoms with Gasteiger partial charge < -0.3 is 5.32 Å². The highest BCUT2D eigenvalue weighted by Crippen LogP contribution is 2.20. The Morgan fingerprint density at radius 2 is 1.46 bits per heavy atom. The number of anilines is 2. The van der Waals surface area contributed by atoms with Crippen molar-refractivity contribution < 1.29 is 13.2 Å². The van der Waals surface area contributed by atoms with Crippen molar-refractivity contribution in [3.8, 4) is 0 Å². The first-order valence-corrected chi connectivity index (χ1v) is 9.55. The maximum Gasteiger partial charge on any atom is 0.261 e. The third-order valence-electron chi connectivity index (χ3n) is 3.53. The van der Waals surface area contributed by atoms with Gasteiger partial charge in [0, 0.05) is 16.3 Å². The topological polar surface area (TPSA) is 75.3 Å². The second-order valence-electron chi connectivity index (χ2n) is 5.46. The molecule has 1 amide bonds. The molecular weight excluding hydrogens is 372 g/mol. The SMILES string of the molecule is O=C(Nc1cccc(NS(=O)(=O)c2ccccc2)c1)c1ccc(Cl)cc1. The molecule has 0 aliphatic heterocycles. The van der Waals surface area contributed by atoms with Gasteiger partial charge in [-0.25, -0.2) is 8.42 Å². The number of halogens is 1. The summed E-state index contributed by atoms with van der Waals surface area (Å²) in [7, 11) is -3.69. The lowest BCUT2D eigenvalue weighted by molar-refractivity contribution is 0.102. The summed E-state index contributed by atoms with van der Waals surface area (Å²) in [5, 5.41) is 3.27. The Bertz CT molecular complexity index is 1020. The molecule has 0 aliphatic rings. The third-order valence-corrected chi connectivity index (χ3v) is 5.18. The zero-order chi connectivity index (χ0) is 18.6. The molecule has 2 N–H and O–H groups in total. The molecule has 0 fully saturated rings. The summed E-state index contributed by atoms with van der Waals surface area (Å²) < 4.78 is 27.3. The molecule has 132 valence electrons. The van der Waals surface area contributed by atoms with Crippen LogP contribution in [0.5, 0.6) is 0 Å². The summed E-state index contributed by atoms with van der Waals surface area (Å²) in [4.78, 5) is 12.4. The van der Waals surface area contributed by atoms with Crippen molar-refractivity contribution in [1.82, 2.24) is 0 Å². The maximum atomic E-state index is 12.4. The predicted molar refractivity (Wildman–Crippen MR) is 103 cm³/mol. The van der Waals surface area contributed by atoms with Crippen LogP contribution in [0.4, 0.5) is 11.4 Å². The lowest BCUT2D eigenvalue weighted by Gasteiger charge is -2.10. The summed E-state index contributed by atoms with van der Waals surface area (Å²) in [6.07, 6.45) is 0. The van der Waals surface area contributed by atoms with Crippen molar-refractivity contribution in [2.45, 2.75) is 4.90 Å². The number of benzene rings is 3. The van der Waals surface area contributed by atoms with Crippen molar-refractivity contribution in [1.29, 1.82) is 0 Å². The standard InChI is InChI=1S/C19H15ClN2O3S/c20-15-11-9-14(10-12-15)19(23)21-16-5-4-6-17(13-16)22-26(24,25)18-7-2-1-3-8-18/h1-13,22H,(H,21,23). The number of nitrogens with one attached hydrogen (secondary N) is 2. The van der Waals surface area contributed by atoms with Crippen molar-refractivity contribution in [2.24, 2.45) is 0 Å². The quantitative estimate of drug-likeness (QED) is 0.682. The normalized spacial score (nSPS) is 11.0. The first-order chi connectivity index (χ1) is 12.4. The Hall–Kier alpha value is -2.83. The molecule has 0 saturated heterocycles. The van der Waals surface area contributed by atoms with Crippen LogP contribution in [0.2, 0.25) is 5.02 Å². The van der Waals surface area contributed by atoms with E-state index in [0.717, 1.165) is 0 Å². The van der Waals surface area contributed by atoms with Crippen LogP contribution in [0.25, 0.3) is 0 Å². The molecule has 26 heavy (non-hydrogen) atoms. The maximum absolute atomic E-state index is 12.4. The van der Waals surface area contributed by atoms with Crippen LogP contribution in [-0.2, 0) is 10.0 Å². The molecule has 0 heterocycles. The molecule has 0 unspecified atom stereocenters. The lowest BCUT2D eigenvalue weighted by atomic mass is 10.2. The van der Waals surface area contributed by atoms with Crippen LogP contribution < -0.4 is 10.0 Å². The van der Waals surface area contributed by atoms with E-state index in [1.165, 1.54) is 12.1 Å². The molecular formula is C19H15ClN2O3S. The van der Waals surface area contributed by atoms with Crippen LogP contribution in [0.15, 0.2) is 83.8 Å². The molecule has 5 nitrogen and oxygen atoms in total. The van der Waals surface area contributed by atoms with Gasteiger partial charge in [0.25, 0.3) is 15.9 Å². The van der Waals surface area contributed by atoms with E-state index in [4.69, 9.17) is 11.6 Å². The smallest absolute Gasteiger partial charge is 0.261 e. The third kappa shape index (κ3) is 4.41. The fourth-order valence-electron chi connectivity index (χ4n) is 2.28. The Morgan fingerprint density at radius 1 is 0.808 bits per heavy atom. The summed E-state index contributed by atoms with van der Waals surface area (Å²) in [6.45, 7) is 0. The second kappa shape index (κ2) is 7.59. The van der Waals surface area contributed by atoms with E-state index in [-0.39, 0.29) is 10.8 Å². The molecule has 0 aliphatic carbocycles. The average molecular weight is 387 g/mol. The van der Waals surface area contributed by atoms with Gasteiger partial charge in [-0.1, -0.05) is 35.9 Å². The van der Waals surface area contributed by atoms with Crippen LogP contribution in [0, 0.1) is 0 Å². The van der Waals surface area contributed by atoms with Crippen LogP contribution in [0.1, 0.15) is 10.4 Å². The minimum Gasteiger partial charge on any atom is -0.322 e. The van der Waals surface area contributed by atoms with Crippen molar-refractivity contribution in [3.63, 3.8) is 0 Å². The highest BCUT2D eigenvalue weighted by Gasteiger charge is 2.14. The molecule has 0 aromatic heterocycles. The van der Waals surface area contributed by atoms with Gasteiger partial charge in [0.05, 0.1) is 10.6 Å². The summed E-state index contributed by atoms with van der Waals surface area (Å²) in [5.74, 6) is -0.315. The van der Waals surface area contributed by atoms with E-state index in [9.17, 15) is 13.2 Å². The second-order valence-corrected chi connectivity index (χ2v) is 7.58. The van der Waals surface area contributed by atoms with Gasteiger partial charge in [-0.3, -0.25) is 9.52 Å². The van der Waals surface area contributed by atoms with Gasteiger partial charge in [-0.15, -0.1) is 0 Å². The Morgan fingerprint density at radius 3 is 2.15 bits per heavy atom. The van der Waals surface area contributed by atoms with Gasteiger partial charge >= 0.3 is 0 Å². The van der Waals surface area contributed by atoms with E-state index < -0.39 is 10.0 Å². The zero-order valence-electron chi connectivity index (χ0n) is 13.5. The molecule has 3 aromatic carbocycles. The fraction of sp³-hybridized carbons (Fsp3) is 0. The number of hydrogen-bond acceptors (Lipinski definition) is 3. The first kappa shape index (κ1) is 18.0. The fourth-order valence-corrected chi connectivity index (χ4v) is 3.48. The molecule has 3 aromatic rings. The first-order valence-electron chi connectivity index (χ1n) is 7.69. The minimum absolute atomic E-state index is 0.163. The van der Waals surface area contributed by atoms with Gasteiger partial charge in [0.15, 0.2) is 0 Å². The van der Waals surface area contributed by atoms with E-state index in [1.807, 2.05) is 0 Å². The largest absolute Gasteiger partial charge is 0.322 e. The molecule has 0 bridgehead atoms. The molecule has 0 spiro atoms. The number of amides is 1. The van der Waals surface area contributed by atoms with E-state index in [1.54, 1.807) is 66.7 Å². The summed E-state index contributed by atoms with van der Waals surface area (Å²) in [5.41, 5.74) is 1.27. The predicted octanol–water partition coefficient (Wildman–Crippen LogP) is 4.39. The lowest BCUT2D eigenvalue weighted by Crippen LogP contribution is -2.14. The molecule has 0 radical (unpaired) electrons. The van der Waals surface area contributed by atoms with Crippen molar-refractivity contribution in [3.05, 3.63) is 89.4 Å². The monoisotopic (exact) mass is 386 g/mol. The van der Waals surface area contributed by atoms with Crippen LogP contribution >= 0.6 is 11.6 Å².